The molecule has 0 spiro atoms. The Morgan fingerprint density at radius 3 is 2.26 bits per heavy atom. The lowest BCUT2D eigenvalue weighted by Crippen LogP contribution is -2.08. The molecule has 1 heterocycles. The third-order valence-corrected chi connectivity index (χ3v) is 2.95. The second kappa shape index (κ2) is 4.97. The maximum absolute atomic E-state index is 11.2. The van der Waals surface area contributed by atoms with Crippen LogP contribution in [-0.4, -0.2) is 26.7 Å². The molecule has 0 unspecified atom stereocenters. The molecule has 19 heavy (non-hydrogen) atoms. The normalized spacial score (nSPS) is 10.4. The van der Waals surface area contributed by atoms with E-state index in [0.29, 0.717) is 17.8 Å². The van der Waals surface area contributed by atoms with Crippen LogP contribution < -0.4 is 0 Å². The van der Waals surface area contributed by atoms with Crippen LogP contribution in [0.3, 0.4) is 0 Å². The molecule has 0 aliphatic carbocycles. The van der Waals surface area contributed by atoms with Gasteiger partial charge in [-0.05, 0) is 24.6 Å². The molecule has 0 aliphatic rings. The van der Waals surface area contributed by atoms with E-state index in [1.807, 2.05) is 6.92 Å². The van der Waals surface area contributed by atoms with Crippen molar-refractivity contribution in [2.24, 2.45) is 0 Å². The van der Waals surface area contributed by atoms with Gasteiger partial charge in [-0.3, -0.25) is 0 Å². The van der Waals surface area contributed by atoms with Gasteiger partial charge in [0.25, 0.3) is 0 Å². The Morgan fingerprint density at radius 1 is 1.05 bits per heavy atom. The number of benzene rings is 1. The molecule has 98 valence electrons. The Hall–Kier alpha value is -2.56. The van der Waals surface area contributed by atoms with Crippen LogP contribution in [0.1, 0.15) is 33.3 Å². The lowest BCUT2D eigenvalue weighted by Gasteiger charge is -2.11. The summed E-state index contributed by atoms with van der Waals surface area (Å²) in [5.74, 6) is -2.05. The number of aromatic nitrogens is 1. The summed E-state index contributed by atoms with van der Waals surface area (Å²) in [7, 11) is 0. The fourth-order valence-corrected chi connectivity index (χ4v) is 2.11. The lowest BCUT2D eigenvalue weighted by atomic mass is 10.1. The first-order chi connectivity index (χ1) is 9.06. The number of nitrogens with zero attached hydrogens (tertiary/aromatic N) is 1. The predicted molar refractivity (Wildman–Crippen MR) is 69.1 cm³/mol. The molecule has 0 saturated carbocycles. The Kier molecular flexibility index (Phi) is 3.37. The van der Waals surface area contributed by atoms with Gasteiger partial charge in [0.2, 0.25) is 0 Å². The topological polar surface area (TPSA) is 79.5 Å². The molecule has 1 aromatic heterocycles. The van der Waals surface area contributed by atoms with Crippen LogP contribution in [0.2, 0.25) is 0 Å². The van der Waals surface area contributed by atoms with Gasteiger partial charge in [-0.1, -0.05) is 19.1 Å². The molecule has 5 heteroatoms. The predicted octanol–water partition coefficient (Wildman–Crippen LogP) is 2.44. The monoisotopic (exact) mass is 259 g/mol. The van der Waals surface area contributed by atoms with E-state index in [0.717, 1.165) is 0 Å². The Bertz CT molecular complexity index is 643. The number of rotatable bonds is 4. The first-order valence-electron chi connectivity index (χ1n) is 5.82. The van der Waals surface area contributed by atoms with Crippen molar-refractivity contribution in [3.05, 3.63) is 53.3 Å². The summed E-state index contributed by atoms with van der Waals surface area (Å²) in [4.78, 5) is 22.3. The fraction of sp³-hybridized carbons (Fsp3) is 0.143. The molecular formula is C14H13NO4. The van der Waals surface area contributed by atoms with Crippen molar-refractivity contribution in [2.75, 3.05) is 0 Å². The van der Waals surface area contributed by atoms with Crippen molar-refractivity contribution in [3.63, 3.8) is 0 Å². The summed E-state index contributed by atoms with van der Waals surface area (Å²) in [6.07, 6.45) is 2.09. The molecule has 5 nitrogen and oxygen atoms in total. The summed E-state index contributed by atoms with van der Waals surface area (Å²) in [6.45, 7) is 1.83. The van der Waals surface area contributed by atoms with Gasteiger partial charge in [-0.2, -0.15) is 0 Å². The van der Waals surface area contributed by atoms with Gasteiger partial charge in [-0.15, -0.1) is 0 Å². The van der Waals surface area contributed by atoms with Crippen molar-refractivity contribution >= 4 is 11.9 Å². The van der Waals surface area contributed by atoms with Gasteiger partial charge in [0, 0.05) is 11.9 Å². The number of hydrogen-bond donors (Lipinski definition) is 2. The van der Waals surface area contributed by atoms with Gasteiger partial charge in [0.1, 0.15) is 0 Å². The van der Waals surface area contributed by atoms with E-state index in [1.165, 1.54) is 12.1 Å². The Balaban J connectivity index is 2.66. The van der Waals surface area contributed by atoms with Crippen LogP contribution in [0, 0.1) is 0 Å². The smallest absolute Gasteiger partial charge is 0.337 e. The highest BCUT2D eigenvalue weighted by Crippen LogP contribution is 2.21. The minimum absolute atomic E-state index is 0.143. The van der Waals surface area contributed by atoms with Crippen LogP contribution in [0.15, 0.2) is 36.5 Å². The summed E-state index contributed by atoms with van der Waals surface area (Å²) >= 11 is 0. The lowest BCUT2D eigenvalue weighted by molar-refractivity contribution is 0.0686. The molecule has 2 aromatic rings. The van der Waals surface area contributed by atoms with E-state index in [2.05, 4.69) is 0 Å². The molecule has 0 saturated heterocycles. The second-order valence-corrected chi connectivity index (χ2v) is 4.03. The van der Waals surface area contributed by atoms with E-state index in [-0.39, 0.29) is 11.1 Å². The quantitative estimate of drug-likeness (QED) is 0.883. The molecule has 0 amide bonds. The second-order valence-electron chi connectivity index (χ2n) is 4.03. The molecule has 0 bridgehead atoms. The number of carboxylic acids is 2. The Morgan fingerprint density at radius 2 is 1.68 bits per heavy atom. The van der Waals surface area contributed by atoms with Gasteiger partial charge in [-0.25, -0.2) is 9.59 Å². The third-order valence-electron chi connectivity index (χ3n) is 2.95. The van der Waals surface area contributed by atoms with Gasteiger partial charge in [0.15, 0.2) is 0 Å². The minimum Gasteiger partial charge on any atom is -0.478 e. The summed E-state index contributed by atoms with van der Waals surface area (Å²) < 4.78 is 1.62. The van der Waals surface area contributed by atoms with Gasteiger partial charge >= 0.3 is 11.9 Å². The third kappa shape index (κ3) is 2.22. The summed E-state index contributed by atoms with van der Waals surface area (Å²) in [5.41, 5.74) is 1.40. The fourth-order valence-electron chi connectivity index (χ4n) is 2.11. The van der Waals surface area contributed by atoms with Crippen molar-refractivity contribution in [3.8, 4) is 5.69 Å². The highest BCUT2D eigenvalue weighted by Gasteiger charge is 2.17. The largest absolute Gasteiger partial charge is 0.478 e. The average Bonchev–Trinajstić information content (AvgIpc) is 2.82. The first-order valence-corrected chi connectivity index (χ1v) is 5.82. The zero-order chi connectivity index (χ0) is 14.0. The van der Waals surface area contributed by atoms with E-state index in [9.17, 15) is 14.7 Å². The molecule has 0 fully saturated rings. The van der Waals surface area contributed by atoms with Gasteiger partial charge < -0.3 is 14.8 Å². The minimum atomic E-state index is -1.04. The standard InChI is InChI=1S/C14H13NO4/c1-2-11-10(14(18)19)7-8-15(11)12-6-4-3-5-9(12)13(16)17/h3-8H,2H2,1H3,(H,16,17)(H,18,19). The number of aromatic carboxylic acids is 2. The summed E-state index contributed by atoms with van der Waals surface area (Å²) in [6, 6.07) is 8.01. The summed E-state index contributed by atoms with van der Waals surface area (Å²) in [5, 5.41) is 18.3. The molecule has 0 radical (unpaired) electrons. The number of carbonyl (C=O) groups is 2. The molecule has 1 aromatic carbocycles. The molecule has 0 aliphatic heterocycles. The van der Waals surface area contributed by atoms with Crippen LogP contribution in [0.4, 0.5) is 0 Å². The zero-order valence-corrected chi connectivity index (χ0v) is 10.3. The van der Waals surface area contributed by atoms with Crippen LogP contribution >= 0.6 is 0 Å². The number of para-hydroxylation sites is 1. The highest BCUT2D eigenvalue weighted by atomic mass is 16.4. The van der Waals surface area contributed by atoms with Crippen LogP contribution in [0.5, 0.6) is 0 Å². The first kappa shape index (κ1) is 12.9. The van der Waals surface area contributed by atoms with Crippen molar-refractivity contribution in [2.45, 2.75) is 13.3 Å². The number of carboxylic acid groups (broad SMARTS) is 2. The van der Waals surface area contributed by atoms with E-state index in [1.54, 1.807) is 29.0 Å². The molecule has 0 atom stereocenters. The molecular weight excluding hydrogens is 246 g/mol. The van der Waals surface area contributed by atoms with Crippen molar-refractivity contribution < 1.29 is 19.8 Å². The molecule has 2 rings (SSSR count). The van der Waals surface area contributed by atoms with Gasteiger partial charge in [0.05, 0.1) is 16.8 Å². The maximum atomic E-state index is 11.2. The maximum Gasteiger partial charge on any atom is 0.337 e. The highest BCUT2D eigenvalue weighted by molar-refractivity contribution is 5.93. The van der Waals surface area contributed by atoms with E-state index < -0.39 is 11.9 Å². The Labute approximate surface area is 109 Å². The van der Waals surface area contributed by atoms with E-state index in [4.69, 9.17) is 5.11 Å². The van der Waals surface area contributed by atoms with Crippen LogP contribution in [-0.2, 0) is 6.42 Å². The zero-order valence-electron chi connectivity index (χ0n) is 10.3. The van der Waals surface area contributed by atoms with Crippen molar-refractivity contribution in [1.82, 2.24) is 4.57 Å². The van der Waals surface area contributed by atoms with Crippen LogP contribution in [0.25, 0.3) is 5.69 Å². The average molecular weight is 259 g/mol. The van der Waals surface area contributed by atoms with E-state index >= 15 is 0 Å². The molecule has 2 N–H and O–H groups in total. The number of hydrogen-bond acceptors (Lipinski definition) is 2. The SMILES string of the molecule is CCc1c(C(=O)O)ccn1-c1ccccc1C(=O)O. The van der Waals surface area contributed by atoms with Crippen molar-refractivity contribution in [1.29, 1.82) is 0 Å².